The molecule has 5 nitrogen and oxygen atoms in total. The second kappa shape index (κ2) is 8.74. The largest absolute Gasteiger partial charge is 0.449 e. The van der Waals surface area contributed by atoms with Crippen molar-refractivity contribution in [2.45, 2.75) is 45.8 Å². The molecule has 0 saturated carbocycles. The number of carbonyl (C=O) groups excluding carboxylic acids is 2. The van der Waals surface area contributed by atoms with Crippen molar-refractivity contribution in [1.82, 2.24) is 5.32 Å². The van der Waals surface area contributed by atoms with Gasteiger partial charge in [0, 0.05) is 17.0 Å². The van der Waals surface area contributed by atoms with Crippen molar-refractivity contribution in [3.63, 3.8) is 0 Å². The lowest BCUT2D eigenvalue weighted by Gasteiger charge is -2.17. The first-order valence-electron chi connectivity index (χ1n) is 9.49. The predicted molar refractivity (Wildman–Crippen MR) is 108 cm³/mol. The summed E-state index contributed by atoms with van der Waals surface area (Å²) in [5, 5.41) is 3.76. The van der Waals surface area contributed by atoms with Crippen molar-refractivity contribution < 1.29 is 18.7 Å². The Kier molecular flexibility index (Phi) is 6.14. The van der Waals surface area contributed by atoms with Gasteiger partial charge in [0.25, 0.3) is 5.91 Å². The number of para-hydroxylation sites is 1. The minimum atomic E-state index is -0.903. The van der Waals surface area contributed by atoms with Crippen LogP contribution in [0.3, 0.4) is 0 Å². The molecule has 2 atom stereocenters. The van der Waals surface area contributed by atoms with E-state index < -0.39 is 12.1 Å². The summed E-state index contributed by atoms with van der Waals surface area (Å²) in [7, 11) is 0. The molecule has 5 heteroatoms. The highest BCUT2D eigenvalue weighted by molar-refractivity contribution is 5.97. The van der Waals surface area contributed by atoms with Crippen molar-refractivity contribution in [3.05, 3.63) is 71.5 Å². The van der Waals surface area contributed by atoms with Gasteiger partial charge in [0.2, 0.25) is 5.76 Å². The molecule has 0 aliphatic rings. The van der Waals surface area contributed by atoms with Gasteiger partial charge in [0.15, 0.2) is 6.10 Å². The van der Waals surface area contributed by atoms with Crippen LogP contribution in [0, 0.1) is 6.92 Å². The summed E-state index contributed by atoms with van der Waals surface area (Å²) < 4.78 is 10.9. The molecule has 3 aromatic rings. The fraction of sp³-hybridized carbons (Fsp3) is 0.304. The molecule has 3 rings (SSSR count). The lowest BCUT2D eigenvalue weighted by molar-refractivity contribution is -0.129. The molecular weight excluding hydrogens is 354 g/mol. The lowest BCUT2D eigenvalue weighted by atomic mass is 10.1. The Morgan fingerprint density at radius 3 is 2.43 bits per heavy atom. The normalized spacial score (nSPS) is 13.1. The van der Waals surface area contributed by atoms with Crippen LogP contribution in [0.4, 0.5) is 0 Å². The Labute approximate surface area is 164 Å². The van der Waals surface area contributed by atoms with E-state index in [1.54, 1.807) is 19.9 Å². The van der Waals surface area contributed by atoms with Crippen LogP contribution in [0.25, 0.3) is 11.0 Å². The molecule has 0 spiro atoms. The van der Waals surface area contributed by atoms with Crippen molar-refractivity contribution in [2.24, 2.45) is 0 Å². The summed E-state index contributed by atoms with van der Waals surface area (Å²) in [6.45, 7) is 5.31. The zero-order chi connectivity index (χ0) is 20.1. The van der Waals surface area contributed by atoms with Crippen LogP contribution in [-0.2, 0) is 16.0 Å². The second-order valence-electron chi connectivity index (χ2n) is 7.03. The molecule has 0 aliphatic carbocycles. The fourth-order valence-electron chi connectivity index (χ4n) is 3.10. The van der Waals surface area contributed by atoms with Crippen LogP contribution in [0.15, 0.2) is 59.0 Å². The fourth-order valence-corrected chi connectivity index (χ4v) is 3.10. The number of ether oxygens (including phenoxy) is 1. The number of amides is 1. The molecule has 0 unspecified atom stereocenters. The number of furan rings is 1. The summed E-state index contributed by atoms with van der Waals surface area (Å²) in [6.07, 6.45) is 0.771. The molecule has 0 aliphatic heterocycles. The number of esters is 1. The first-order valence-corrected chi connectivity index (χ1v) is 9.49. The third-order valence-electron chi connectivity index (χ3n) is 4.78. The monoisotopic (exact) mass is 379 g/mol. The van der Waals surface area contributed by atoms with Gasteiger partial charge in [-0.3, -0.25) is 4.79 Å². The second-order valence-corrected chi connectivity index (χ2v) is 7.03. The van der Waals surface area contributed by atoms with Gasteiger partial charge in [-0.05, 0) is 45.2 Å². The van der Waals surface area contributed by atoms with Crippen molar-refractivity contribution >= 4 is 22.8 Å². The topological polar surface area (TPSA) is 68.5 Å². The maximum absolute atomic E-state index is 12.5. The quantitative estimate of drug-likeness (QED) is 0.617. The van der Waals surface area contributed by atoms with E-state index in [4.69, 9.17) is 9.15 Å². The minimum Gasteiger partial charge on any atom is -0.449 e. The Morgan fingerprint density at radius 1 is 1.04 bits per heavy atom. The zero-order valence-electron chi connectivity index (χ0n) is 16.4. The number of hydrogen-bond acceptors (Lipinski definition) is 4. The number of nitrogens with one attached hydrogen (secondary N) is 1. The molecule has 0 saturated heterocycles. The molecule has 146 valence electrons. The highest BCUT2D eigenvalue weighted by atomic mass is 16.6. The molecule has 1 amide bonds. The van der Waals surface area contributed by atoms with Crippen molar-refractivity contribution in [2.75, 3.05) is 0 Å². The Bertz CT molecular complexity index is 961. The molecule has 0 fully saturated rings. The Morgan fingerprint density at radius 2 is 1.71 bits per heavy atom. The molecule has 1 aromatic heterocycles. The number of carbonyl (C=O) groups is 2. The summed E-state index contributed by atoms with van der Waals surface area (Å²) in [5.41, 5.74) is 2.56. The highest BCUT2D eigenvalue weighted by Gasteiger charge is 2.24. The SMILES string of the molecule is Cc1c(C(=O)O[C@H](C)C(=O)N[C@@H](C)CCc2ccccc2)oc2ccccc12. The maximum Gasteiger partial charge on any atom is 0.375 e. The van der Waals surface area contributed by atoms with E-state index in [1.807, 2.05) is 43.3 Å². The standard InChI is InChI=1S/C23H25NO4/c1-15(13-14-18-9-5-4-6-10-18)24-22(25)17(3)27-23(26)21-16(2)19-11-7-8-12-20(19)28-21/h4-12,15,17H,13-14H2,1-3H3,(H,24,25)/t15-,17+/m0/s1. The van der Waals surface area contributed by atoms with Crippen LogP contribution < -0.4 is 5.32 Å². The van der Waals surface area contributed by atoms with Gasteiger partial charge in [-0.15, -0.1) is 0 Å². The molecule has 28 heavy (non-hydrogen) atoms. The van der Waals surface area contributed by atoms with Crippen LogP contribution in [-0.4, -0.2) is 24.0 Å². The smallest absolute Gasteiger partial charge is 0.375 e. The van der Waals surface area contributed by atoms with Gasteiger partial charge in [0.1, 0.15) is 5.58 Å². The highest BCUT2D eigenvalue weighted by Crippen LogP contribution is 2.25. The third kappa shape index (κ3) is 4.60. The predicted octanol–water partition coefficient (Wildman–Crippen LogP) is 4.42. The summed E-state index contributed by atoms with van der Waals surface area (Å²) in [5.74, 6) is -0.811. The molecule has 2 aromatic carbocycles. The Hall–Kier alpha value is -3.08. The number of aryl methyl sites for hydroxylation is 2. The number of hydrogen-bond donors (Lipinski definition) is 1. The van der Waals surface area contributed by atoms with Crippen LogP contribution in [0.5, 0.6) is 0 Å². The molecule has 1 N–H and O–H groups in total. The number of benzene rings is 2. The van der Waals surface area contributed by atoms with E-state index in [1.165, 1.54) is 5.56 Å². The zero-order valence-corrected chi connectivity index (χ0v) is 16.4. The summed E-state index contributed by atoms with van der Waals surface area (Å²) in [6, 6.07) is 17.5. The van der Waals surface area contributed by atoms with Crippen LogP contribution in [0.1, 0.15) is 41.9 Å². The van der Waals surface area contributed by atoms with Gasteiger partial charge >= 0.3 is 5.97 Å². The molecule has 1 heterocycles. The summed E-state index contributed by atoms with van der Waals surface area (Å²) in [4.78, 5) is 24.8. The number of fused-ring (bicyclic) bond motifs is 1. The minimum absolute atomic E-state index is 0.0261. The van der Waals surface area contributed by atoms with Gasteiger partial charge in [0.05, 0.1) is 0 Å². The van der Waals surface area contributed by atoms with Gasteiger partial charge < -0.3 is 14.5 Å². The van der Waals surface area contributed by atoms with E-state index in [-0.39, 0.29) is 17.7 Å². The first kappa shape index (κ1) is 19.7. The van der Waals surface area contributed by atoms with Crippen LogP contribution in [0.2, 0.25) is 0 Å². The van der Waals surface area contributed by atoms with Gasteiger partial charge in [-0.2, -0.15) is 0 Å². The van der Waals surface area contributed by atoms with Gasteiger partial charge in [-0.25, -0.2) is 4.79 Å². The maximum atomic E-state index is 12.5. The molecule has 0 radical (unpaired) electrons. The van der Waals surface area contributed by atoms with Crippen molar-refractivity contribution in [3.8, 4) is 0 Å². The lowest BCUT2D eigenvalue weighted by Crippen LogP contribution is -2.41. The third-order valence-corrected chi connectivity index (χ3v) is 4.78. The van der Waals surface area contributed by atoms with E-state index >= 15 is 0 Å². The van der Waals surface area contributed by atoms with Crippen molar-refractivity contribution in [1.29, 1.82) is 0 Å². The van der Waals surface area contributed by atoms with E-state index in [0.29, 0.717) is 11.1 Å². The van der Waals surface area contributed by atoms with Crippen LogP contribution >= 0.6 is 0 Å². The van der Waals surface area contributed by atoms with E-state index in [0.717, 1.165) is 18.2 Å². The van der Waals surface area contributed by atoms with E-state index in [2.05, 4.69) is 17.4 Å². The first-order chi connectivity index (χ1) is 13.5. The Balaban J connectivity index is 1.54. The van der Waals surface area contributed by atoms with E-state index in [9.17, 15) is 9.59 Å². The number of rotatable bonds is 7. The average molecular weight is 379 g/mol. The van der Waals surface area contributed by atoms with Gasteiger partial charge in [-0.1, -0.05) is 48.5 Å². The summed E-state index contributed by atoms with van der Waals surface area (Å²) >= 11 is 0. The average Bonchev–Trinajstić information content (AvgIpc) is 3.04. The molecule has 0 bridgehead atoms. The molecular formula is C23H25NO4.